The van der Waals surface area contributed by atoms with Crippen molar-refractivity contribution >= 4 is 23.8 Å². The molecule has 0 N–H and O–H groups in total. The van der Waals surface area contributed by atoms with Crippen LogP contribution in [0.2, 0.25) is 0 Å². The predicted octanol–water partition coefficient (Wildman–Crippen LogP) is 5.95. The molecule has 1 saturated carbocycles. The van der Waals surface area contributed by atoms with Crippen LogP contribution in [0.5, 0.6) is 5.75 Å². The van der Waals surface area contributed by atoms with Crippen molar-refractivity contribution in [1.82, 2.24) is 4.90 Å². The van der Waals surface area contributed by atoms with Crippen molar-refractivity contribution in [2.45, 2.75) is 70.6 Å². The second kappa shape index (κ2) is 12.9. The number of nitrogens with zero attached hydrogens (tertiary/aromatic N) is 3. The van der Waals surface area contributed by atoms with E-state index in [2.05, 4.69) is 40.8 Å². The number of anilines is 2. The zero-order valence-corrected chi connectivity index (χ0v) is 23.0. The lowest BCUT2D eigenvalue weighted by atomic mass is 9.76. The van der Waals surface area contributed by atoms with Crippen LogP contribution in [-0.2, 0) is 4.74 Å². The maximum atomic E-state index is 6.16. The van der Waals surface area contributed by atoms with E-state index in [9.17, 15) is 0 Å². The van der Waals surface area contributed by atoms with Gasteiger partial charge in [-0.25, -0.2) is 0 Å². The van der Waals surface area contributed by atoms with E-state index in [1.165, 1.54) is 88.8 Å². The van der Waals surface area contributed by atoms with E-state index in [0.717, 1.165) is 57.0 Å². The van der Waals surface area contributed by atoms with Crippen LogP contribution in [0.4, 0.5) is 11.4 Å². The molecular formula is C29H48ClN3O2. The van der Waals surface area contributed by atoms with Crippen molar-refractivity contribution in [2.75, 3.05) is 75.9 Å². The van der Waals surface area contributed by atoms with E-state index in [-0.39, 0.29) is 12.4 Å². The van der Waals surface area contributed by atoms with Crippen LogP contribution in [-0.4, -0.2) is 71.0 Å². The van der Waals surface area contributed by atoms with Crippen LogP contribution in [0.3, 0.4) is 0 Å². The van der Waals surface area contributed by atoms with Crippen LogP contribution in [0.25, 0.3) is 0 Å². The Balaban J connectivity index is 0.00000289. The summed E-state index contributed by atoms with van der Waals surface area (Å²) in [6, 6.07) is 4.91. The Morgan fingerprint density at radius 2 is 1.57 bits per heavy atom. The summed E-state index contributed by atoms with van der Waals surface area (Å²) >= 11 is 0. The third-order valence-corrected chi connectivity index (χ3v) is 9.03. The molecule has 3 fully saturated rings. The fourth-order valence-corrected chi connectivity index (χ4v) is 6.72. The summed E-state index contributed by atoms with van der Waals surface area (Å²) < 4.78 is 11.7. The maximum absolute atomic E-state index is 6.16. The molecule has 198 valence electrons. The number of rotatable bonds is 7. The van der Waals surface area contributed by atoms with Crippen molar-refractivity contribution in [3.05, 3.63) is 17.7 Å². The van der Waals surface area contributed by atoms with Crippen LogP contribution >= 0.6 is 12.4 Å². The number of hydrogen-bond donors (Lipinski definition) is 0. The zero-order valence-electron chi connectivity index (χ0n) is 22.2. The molecule has 0 atom stereocenters. The molecule has 0 spiro atoms. The minimum Gasteiger partial charge on any atom is -0.489 e. The topological polar surface area (TPSA) is 28.2 Å². The van der Waals surface area contributed by atoms with Gasteiger partial charge < -0.3 is 19.3 Å². The van der Waals surface area contributed by atoms with Crippen LogP contribution in [0, 0.1) is 11.8 Å². The first-order valence-corrected chi connectivity index (χ1v) is 14.3. The van der Waals surface area contributed by atoms with Crippen molar-refractivity contribution in [3.8, 4) is 5.75 Å². The van der Waals surface area contributed by atoms with Gasteiger partial charge >= 0.3 is 0 Å². The molecule has 0 amide bonds. The summed E-state index contributed by atoms with van der Waals surface area (Å²) in [6.07, 6.45) is 12.2. The lowest BCUT2D eigenvalue weighted by Crippen LogP contribution is -2.48. The first-order chi connectivity index (χ1) is 16.7. The molecule has 35 heavy (non-hydrogen) atoms. The molecule has 0 radical (unpaired) electrons. The molecule has 2 saturated heterocycles. The second-order valence-corrected chi connectivity index (χ2v) is 11.4. The van der Waals surface area contributed by atoms with E-state index in [1.54, 1.807) is 5.56 Å². The second-order valence-electron chi connectivity index (χ2n) is 11.4. The van der Waals surface area contributed by atoms with Crippen LogP contribution in [0.15, 0.2) is 12.1 Å². The molecule has 1 aliphatic carbocycles. The van der Waals surface area contributed by atoms with Gasteiger partial charge in [-0.2, -0.15) is 0 Å². The summed E-state index contributed by atoms with van der Waals surface area (Å²) in [4.78, 5) is 7.77. The van der Waals surface area contributed by atoms with Crippen molar-refractivity contribution < 1.29 is 9.47 Å². The normalized spacial score (nSPS) is 26.1. The largest absolute Gasteiger partial charge is 0.489 e. The summed E-state index contributed by atoms with van der Waals surface area (Å²) in [6.45, 7) is 11.9. The smallest absolute Gasteiger partial charge is 0.144 e. The Morgan fingerprint density at radius 1 is 0.829 bits per heavy atom. The lowest BCUT2D eigenvalue weighted by Gasteiger charge is -2.41. The average Bonchev–Trinajstić information content (AvgIpc) is 2.88. The Labute approximate surface area is 219 Å². The number of likely N-dealkylation sites (N-methyl/N-ethyl adjacent to an activating group) is 1. The molecule has 0 unspecified atom stereocenters. The highest BCUT2D eigenvalue weighted by atomic mass is 35.5. The van der Waals surface area contributed by atoms with Gasteiger partial charge in [0.25, 0.3) is 0 Å². The maximum Gasteiger partial charge on any atom is 0.144 e. The van der Waals surface area contributed by atoms with Crippen LogP contribution in [0.1, 0.15) is 76.2 Å². The number of unbranched alkanes of at least 4 members (excludes halogenated alkanes) is 1. The first-order valence-electron chi connectivity index (χ1n) is 14.3. The minimum absolute atomic E-state index is 0. The van der Waals surface area contributed by atoms with Gasteiger partial charge in [0.15, 0.2) is 0 Å². The fraction of sp³-hybridized carbons (Fsp3) is 0.793. The molecule has 0 bridgehead atoms. The summed E-state index contributed by atoms with van der Waals surface area (Å²) in [5.41, 5.74) is 4.37. The van der Waals surface area contributed by atoms with Gasteiger partial charge in [-0.1, -0.05) is 26.2 Å². The van der Waals surface area contributed by atoms with Gasteiger partial charge in [0.05, 0.1) is 12.2 Å². The van der Waals surface area contributed by atoms with Gasteiger partial charge in [0.2, 0.25) is 0 Å². The Bertz CT molecular complexity index is 784. The Morgan fingerprint density at radius 3 is 2.29 bits per heavy atom. The fourth-order valence-electron chi connectivity index (χ4n) is 6.72. The number of benzene rings is 1. The SMILES string of the molecule is CCCCC1CCC(c2cc3c(cc2N2CCN(CC4CCOCC4)CC2)OCCN3C)CC1.Cl. The number of hydrogen-bond acceptors (Lipinski definition) is 5. The van der Waals surface area contributed by atoms with Gasteiger partial charge in [-0.15, -0.1) is 12.4 Å². The van der Waals surface area contributed by atoms with E-state index in [4.69, 9.17) is 9.47 Å². The Kier molecular flexibility index (Phi) is 9.89. The molecule has 1 aromatic carbocycles. The average molecular weight is 506 g/mol. The van der Waals surface area contributed by atoms with Crippen LogP contribution < -0.4 is 14.5 Å². The van der Waals surface area contributed by atoms with Gasteiger partial charge in [-0.05, 0) is 67.9 Å². The van der Waals surface area contributed by atoms with E-state index in [1.807, 2.05) is 0 Å². The first kappa shape index (κ1) is 26.9. The zero-order chi connectivity index (χ0) is 23.3. The Hall–Kier alpha value is -1.17. The molecule has 3 aliphatic heterocycles. The summed E-state index contributed by atoms with van der Waals surface area (Å²) in [5, 5.41) is 0. The lowest BCUT2D eigenvalue weighted by molar-refractivity contribution is 0.0517. The van der Waals surface area contributed by atoms with E-state index >= 15 is 0 Å². The molecule has 4 aliphatic rings. The number of halogens is 1. The summed E-state index contributed by atoms with van der Waals surface area (Å²) in [5.74, 6) is 3.57. The molecular weight excluding hydrogens is 458 g/mol. The molecule has 3 heterocycles. The quantitative estimate of drug-likeness (QED) is 0.456. The molecule has 6 heteroatoms. The number of ether oxygens (including phenoxy) is 2. The highest BCUT2D eigenvalue weighted by Crippen LogP contribution is 2.46. The highest BCUT2D eigenvalue weighted by Gasteiger charge is 2.30. The van der Waals surface area contributed by atoms with Crippen molar-refractivity contribution in [2.24, 2.45) is 11.8 Å². The monoisotopic (exact) mass is 505 g/mol. The van der Waals surface area contributed by atoms with Gasteiger partial charge in [0, 0.05) is 64.7 Å². The van der Waals surface area contributed by atoms with E-state index < -0.39 is 0 Å². The highest BCUT2D eigenvalue weighted by molar-refractivity contribution is 5.85. The minimum atomic E-state index is 0. The third-order valence-electron chi connectivity index (χ3n) is 9.03. The predicted molar refractivity (Wildman–Crippen MR) is 149 cm³/mol. The van der Waals surface area contributed by atoms with Crippen molar-refractivity contribution in [3.63, 3.8) is 0 Å². The third kappa shape index (κ3) is 6.59. The molecule has 1 aromatic rings. The number of piperazine rings is 1. The van der Waals surface area contributed by atoms with E-state index in [0.29, 0.717) is 5.92 Å². The standard InChI is InChI=1S/C29H47N3O2.ClH/c1-3-4-5-23-6-8-25(9-7-23)26-20-28-29(34-19-16-30(28)2)21-27(26)32-14-12-31(13-15-32)22-24-10-17-33-18-11-24;/h20-21,23-25H,3-19,22H2,1-2H3;1H. The molecule has 5 rings (SSSR count). The van der Waals surface area contributed by atoms with Gasteiger partial charge in [0.1, 0.15) is 12.4 Å². The molecule has 0 aromatic heterocycles. The molecule has 5 nitrogen and oxygen atoms in total. The summed E-state index contributed by atoms with van der Waals surface area (Å²) in [7, 11) is 2.22. The number of fused-ring (bicyclic) bond motifs is 1. The van der Waals surface area contributed by atoms with Crippen molar-refractivity contribution in [1.29, 1.82) is 0 Å². The van der Waals surface area contributed by atoms with Gasteiger partial charge in [-0.3, -0.25) is 4.90 Å².